The van der Waals surface area contributed by atoms with Crippen LogP contribution in [0.2, 0.25) is 0 Å². The molecule has 0 amide bonds. The Morgan fingerprint density at radius 3 is 2.84 bits per heavy atom. The van der Waals surface area contributed by atoms with Crippen molar-refractivity contribution in [1.82, 2.24) is 9.88 Å². The first-order chi connectivity index (χ1) is 12.0. The molecule has 0 spiro atoms. The van der Waals surface area contributed by atoms with E-state index in [0.717, 1.165) is 54.2 Å². The van der Waals surface area contributed by atoms with Gasteiger partial charge in [0.1, 0.15) is 5.75 Å². The number of carbonyl (C=O) groups is 1. The van der Waals surface area contributed by atoms with Gasteiger partial charge in [-0.2, -0.15) is 0 Å². The number of methoxy groups -OCH3 is 1. The van der Waals surface area contributed by atoms with E-state index in [2.05, 4.69) is 9.88 Å². The predicted molar refractivity (Wildman–Crippen MR) is 96.3 cm³/mol. The average molecular weight is 340 g/mol. The quantitative estimate of drug-likeness (QED) is 0.904. The molecule has 1 fully saturated rings. The van der Waals surface area contributed by atoms with Gasteiger partial charge < -0.3 is 9.84 Å². The van der Waals surface area contributed by atoms with Crippen LogP contribution in [0.25, 0.3) is 0 Å². The minimum Gasteiger partial charge on any atom is -0.496 e. The highest BCUT2D eigenvalue weighted by Crippen LogP contribution is 2.31. The Labute approximate surface area is 148 Å². The van der Waals surface area contributed by atoms with Crippen LogP contribution in [0.3, 0.4) is 0 Å². The fraction of sp³-hybridized carbons (Fsp3) is 0.400. The molecule has 0 bridgehead atoms. The lowest BCUT2D eigenvalue weighted by atomic mass is 9.93. The minimum absolute atomic E-state index is 0.250. The molecule has 5 heteroatoms. The van der Waals surface area contributed by atoms with Gasteiger partial charge in [-0.3, -0.25) is 9.88 Å². The second kappa shape index (κ2) is 7.23. The normalized spacial score (nSPS) is 17.6. The van der Waals surface area contributed by atoms with Crippen molar-refractivity contribution in [2.45, 2.75) is 32.7 Å². The Kier molecular flexibility index (Phi) is 5.04. The molecule has 2 heterocycles. The zero-order valence-electron chi connectivity index (χ0n) is 15.0. The number of carboxylic acids is 1. The highest BCUT2D eigenvalue weighted by Gasteiger charge is 2.27. The first-order valence-corrected chi connectivity index (χ1v) is 8.55. The third-order valence-corrected chi connectivity index (χ3v) is 5.03. The minimum atomic E-state index is -0.852. The van der Waals surface area contributed by atoms with Crippen LogP contribution in [-0.2, 0) is 6.54 Å². The maximum atomic E-state index is 11.5. The van der Waals surface area contributed by atoms with Crippen LogP contribution < -0.4 is 4.74 Å². The first-order valence-electron chi connectivity index (χ1n) is 8.55. The molecule has 1 atom stereocenters. The number of aromatic carboxylic acids is 1. The molecule has 1 N–H and O–H groups in total. The van der Waals surface area contributed by atoms with Crippen molar-refractivity contribution in [2.75, 3.05) is 20.2 Å². The van der Waals surface area contributed by atoms with Crippen molar-refractivity contribution in [3.8, 4) is 5.75 Å². The van der Waals surface area contributed by atoms with Crippen LogP contribution in [0.1, 0.15) is 45.1 Å². The summed E-state index contributed by atoms with van der Waals surface area (Å²) in [5.41, 5.74) is 4.49. The number of aromatic nitrogens is 1. The summed E-state index contributed by atoms with van der Waals surface area (Å²) in [6.45, 7) is 6.59. The number of carboxylic acid groups (broad SMARTS) is 1. The van der Waals surface area contributed by atoms with E-state index in [0.29, 0.717) is 5.56 Å². The SMILES string of the molecule is COc1c(C)cnc(CN2CC[C@H](c3ccccc3C(=O)O)C2)c1C. The highest BCUT2D eigenvalue weighted by molar-refractivity contribution is 5.89. The molecular formula is C20H24N2O3. The second-order valence-electron chi connectivity index (χ2n) is 6.66. The Balaban J connectivity index is 1.76. The summed E-state index contributed by atoms with van der Waals surface area (Å²) in [7, 11) is 1.69. The van der Waals surface area contributed by atoms with Crippen molar-refractivity contribution >= 4 is 5.97 Å². The summed E-state index contributed by atoms with van der Waals surface area (Å²) in [4.78, 5) is 18.4. The average Bonchev–Trinajstić information content (AvgIpc) is 3.06. The van der Waals surface area contributed by atoms with E-state index in [1.165, 1.54) is 0 Å². The molecule has 0 saturated carbocycles. The summed E-state index contributed by atoms with van der Waals surface area (Å²) in [5, 5.41) is 9.41. The van der Waals surface area contributed by atoms with E-state index < -0.39 is 5.97 Å². The summed E-state index contributed by atoms with van der Waals surface area (Å²) in [6.07, 6.45) is 2.82. The van der Waals surface area contributed by atoms with Gasteiger partial charge in [-0.25, -0.2) is 4.79 Å². The molecule has 132 valence electrons. The van der Waals surface area contributed by atoms with Crippen LogP contribution in [0.15, 0.2) is 30.5 Å². The lowest BCUT2D eigenvalue weighted by Crippen LogP contribution is -2.21. The van der Waals surface area contributed by atoms with Gasteiger partial charge in [0, 0.05) is 30.4 Å². The number of rotatable bonds is 5. The fourth-order valence-electron chi connectivity index (χ4n) is 3.72. The molecule has 1 aromatic heterocycles. The number of pyridine rings is 1. The zero-order chi connectivity index (χ0) is 18.0. The van der Waals surface area contributed by atoms with Gasteiger partial charge in [0.05, 0.1) is 18.4 Å². The van der Waals surface area contributed by atoms with Crippen molar-refractivity contribution in [2.24, 2.45) is 0 Å². The van der Waals surface area contributed by atoms with E-state index >= 15 is 0 Å². The van der Waals surface area contributed by atoms with Crippen LogP contribution >= 0.6 is 0 Å². The van der Waals surface area contributed by atoms with Crippen LogP contribution in [0.4, 0.5) is 0 Å². The standard InChI is InChI=1S/C20H24N2O3/c1-13-10-21-18(14(2)19(13)25-3)12-22-9-8-15(11-22)16-6-4-5-7-17(16)20(23)24/h4-7,10,15H,8-9,11-12H2,1-3H3,(H,23,24)/t15-/m0/s1. The van der Waals surface area contributed by atoms with E-state index in [4.69, 9.17) is 4.74 Å². The molecule has 0 unspecified atom stereocenters. The molecule has 1 aromatic carbocycles. The van der Waals surface area contributed by atoms with Crippen LogP contribution in [0, 0.1) is 13.8 Å². The Bertz CT molecular complexity index is 789. The fourth-order valence-corrected chi connectivity index (χ4v) is 3.72. The van der Waals surface area contributed by atoms with Crippen molar-refractivity contribution < 1.29 is 14.6 Å². The summed E-state index contributed by atoms with van der Waals surface area (Å²) in [6, 6.07) is 7.33. The van der Waals surface area contributed by atoms with Crippen molar-refractivity contribution in [1.29, 1.82) is 0 Å². The highest BCUT2D eigenvalue weighted by atomic mass is 16.5. The first kappa shape index (κ1) is 17.4. The van der Waals surface area contributed by atoms with E-state index in [1.54, 1.807) is 19.2 Å². The zero-order valence-corrected chi connectivity index (χ0v) is 15.0. The van der Waals surface area contributed by atoms with Gasteiger partial charge in [-0.05, 0) is 44.4 Å². The number of likely N-dealkylation sites (tertiary alicyclic amines) is 1. The molecule has 1 aliphatic heterocycles. The lowest BCUT2D eigenvalue weighted by Gasteiger charge is -2.19. The molecule has 0 aliphatic carbocycles. The molecule has 5 nitrogen and oxygen atoms in total. The van der Waals surface area contributed by atoms with E-state index in [9.17, 15) is 9.90 Å². The lowest BCUT2D eigenvalue weighted by molar-refractivity contribution is 0.0695. The van der Waals surface area contributed by atoms with E-state index in [-0.39, 0.29) is 5.92 Å². The largest absolute Gasteiger partial charge is 0.496 e. The number of benzene rings is 1. The molecule has 1 aliphatic rings. The van der Waals surface area contributed by atoms with Crippen LogP contribution in [0.5, 0.6) is 5.75 Å². The summed E-state index contributed by atoms with van der Waals surface area (Å²) >= 11 is 0. The molecule has 3 rings (SSSR count). The molecule has 2 aromatic rings. The van der Waals surface area contributed by atoms with E-state index in [1.807, 2.05) is 32.2 Å². The topological polar surface area (TPSA) is 62.7 Å². The van der Waals surface area contributed by atoms with Crippen molar-refractivity contribution in [3.05, 3.63) is 58.4 Å². The van der Waals surface area contributed by atoms with Gasteiger partial charge in [0.2, 0.25) is 0 Å². The number of hydrogen-bond donors (Lipinski definition) is 1. The molecular weight excluding hydrogens is 316 g/mol. The van der Waals surface area contributed by atoms with Gasteiger partial charge in [0.25, 0.3) is 0 Å². The third kappa shape index (κ3) is 3.51. The smallest absolute Gasteiger partial charge is 0.335 e. The Hall–Kier alpha value is -2.40. The van der Waals surface area contributed by atoms with Crippen molar-refractivity contribution in [3.63, 3.8) is 0 Å². The van der Waals surface area contributed by atoms with Gasteiger partial charge in [-0.15, -0.1) is 0 Å². The number of ether oxygens (including phenoxy) is 1. The molecule has 0 radical (unpaired) electrons. The molecule has 1 saturated heterocycles. The summed E-state index contributed by atoms with van der Waals surface area (Å²) < 4.78 is 5.49. The van der Waals surface area contributed by atoms with Gasteiger partial charge >= 0.3 is 5.97 Å². The number of hydrogen-bond acceptors (Lipinski definition) is 4. The van der Waals surface area contributed by atoms with Gasteiger partial charge in [-0.1, -0.05) is 18.2 Å². The Morgan fingerprint density at radius 1 is 1.36 bits per heavy atom. The monoisotopic (exact) mass is 340 g/mol. The maximum absolute atomic E-state index is 11.5. The summed E-state index contributed by atoms with van der Waals surface area (Å²) in [5.74, 6) is 0.298. The predicted octanol–water partition coefficient (Wildman–Crippen LogP) is 3.39. The van der Waals surface area contributed by atoms with Crippen LogP contribution in [-0.4, -0.2) is 41.2 Å². The Morgan fingerprint density at radius 2 is 2.12 bits per heavy atom. The third-order valence-electron chi connectivity index (χ3n) is 5.03. The number of aryl methyl sites for hydroxylation is 1. The van der Waals surface area contributed by atoms with Gasteiger partial charge in [0.15, 0.2) is 0 Å². The maximum Gasteiger partial charge on any atom is 0.335 e. The second-order valence-corrected chi connectivity index (χ2v) is 6.66. The molecule has 25 heavy (non-hydrogen) atoms. The number of nitrogens with zero attached hydrogens (tertiary/aromatic N) is 2.